The van der Waals surface area contributed by atoms with Gasteiger partial charge in [-0.25, -0.2) is 4.39 Å². The van der Waals surface area contributed by atoms with Crippen molar-refractivity contribution in [2.45, 2.75) is 0 Å². The summed E-state index contributed by atoms with van der Waals surface area (Å²) in [7, 11) is 0. The summed E-state index contributed by atoms with van der Waals surface area (Å²) in [5.41, 5.74) is 0. The van der Waals surface area contributed by atoms with Crippen molar-refractivity contribution in [3.63, 3.8) is 0 Å². The van der Waals surface area contributed by atoms with Crippen LogP contribution in [0.3, 0.4) is 0 Å². The van der Waals surface area contributed by atoms with Crippen molar-refractivity contribution in [1.29, 1.82) is 0 Å². The lowest BCUT2D eigenvalue weighted by atomic mass is 10.5. The van der Waals surface area contributed by atoms with E-state index >= 15 is 0 Å². The summed E-state index contributed by atoms with van der Waals surface area (Å²) in [5.74, 6) is -3.99. The molecule has 0 saturated heterocycles. The molecule has 0 radical (unpaired) electrons. The number of halogens is 4. The molecule has 1 aromatic rings. The Morgan fingerprint density at radius 3 is 2.40 bits per heavy atom. The highest BCUT2D eigenvalue weighted by molar-refractivity contribution is 6.30. The van der Waals surface area contributed by atoms with Crippen LogP contribution in [0.4, 0.5) is 13.2 Å². The summed E-state index contributed by atoms with van der Waals surface area (Å²) >= 11 is 5.02. The largest absolute Gasteiger partial charge is 0.253 e. The minimum atomic E-state index is -1.52. The van der Waals surface area contributed by atoms with Gasteiger partial charge in [0.2, 0.25) is 5.95 Å². The van der Waals surface area contributed by atoms with Gasteiger partial charge in [-0.05, 0) is 0 Å². The third kappa shape index (κ3) is 1.21. The summed E-state index contributed by atoms with van der Waals surface area (Å²) in [6, 6.07) is 0.597. The maximum atomic E-state index is 12.2. The molecular weight excluding hydrogens is 167 g/mol. The van der Waals surface area contributed by atoms with Gasteiger partial charge in [0.1, 0.15) is 0 Å². The van der Waals surface area contributed by atoms with Crippen LogP contribution >= 0.6 is 11.6 Å². The SMILES string of the molecule is Fc1cc(Cl)c(F)c(F)n1. The molecular formula is C5HClF3N. The quantitative estimate of drug-likeness (QED) is 0.540. The molecule has 1 aromatic heterocycles. The van der Waals surface area contributed by atoms with Gasteiger partial charge in [0.15, 0.2) is 5.82 Å². The van der Waals surface area contributed by atoms with Gasteiger partial charge in [-0.2, -0.15) is 13.8 Å². The van der Waals surface area contributed by atoms with E-state index in [1.54, 1.807) is 0 Å². The zero-order chi connectivity index (χ0) is 7.72. The van der Waals surface area contributed by atoms with Gasteiger partial charge in [-0.15, -0.1) is 0 Å². The number of nitrogens with zero attached hydrogens (tertiary/aromatic N) is 1. The highest BCUT2D eigenvalue weighted by Crippen LogP contribution is 2.15. The molecule has 0 saturated carbocycles. The number of hydrogen-bond acceptors (Lipinski definition) is 1. The molecule has 0 aliphatic heterocycles. The Bertz CT molecular complexity index is 240. The maximum Gasteiger partial charge on any atom is 0.253 e. The molecule has 0 spiro atoms. The predicted octanol–water partition coefficient (Wildman–Crippen LogP) is 2.15. The van der Waals surface area contributed by atoms with E-state index < -0.39 is 22.7 Å². The van der Waals surface area contributed by atoms with Crippen molar-refractivity contribution in [2.24, 2.45) is 0 Å². The number of hydrogen-bond donors (Lipinski definition) is 0. The van der Waals surface area contributed by atoms with Crippen LogP contribution in [0.15, 0.2) is 6.07 Å². The first-order valence-corrected chi connectivity index (χ1v) is 2.66. The zero-order valence-electron chi connectivity index (χ0n) is 4.54. The van der Waals surface area contributed by atoms with Crippen LogP contribution in [0, 0.1) is 17.7 Å². The van der Waals surface area contributed by atoms with E-state index in [2.05, 4.69) is 4.98 Å². The Labute approximate surface area is 59.5 Å². The van der Waals surface area contributed by atoms with Crippen molar-refractivity contribution in [2.75, 3.05) is 0 Å². The average Bonchev–Trinajstić information content (AvgIpc) is 1.82. The van der Waals surface area contributed by atoms with E-state index in [9.17, 15) is 13.2 Å². The lowest BCUT2D eigenvalue weighted by Crippen LogP contribution is -1.93. The van der Waals surface area contributed by atoms with Gasteiger partial charge in [0.05, 0.1) is 5.02 Å². The summed E-state index contributed by atoms with van der Waals surface area (Å²) in [5, 5.41) is -0.606. The Hall–Kier alpha value is -0.770. The molecule has 10 heavy (non-hydrogen) atoms. The van der Waals surface area contributed by atoms with Crippen LogP contribution < -0.4 is 0 Å². The lowest BCUT2D eigenvalue weighted by molar-refractivity contribution is 0.448. The minimum absolute atomic E-state index is 0.597. The van der Waals surface area contributed by atoms with Gasteiger partial charge in [0, 0.05) is 6.07 Å². The van der Waals surface area contributed by atoms with Crippen LogP contribution in [0.2, 0.25) is 5.02 Å². The fraction of sp³-hybridized carbons (Fsp3) is 0. The van der Waals surface area contributed by atoms with E-state index in [4.69, 9.17) is 11.6 Å². The molecule has 0 fully saturated rings. The van der Waals surface area contributed by atoms with E-state index in [1.807, 2.05) is 0 Å². The molecule has 0 aliphatic carbocycles. The molecule has 0 aliphatic rings. The van der Waals surface area contributed by atoms with Crippen LogP contribution in [0.1, 0.15) is 0 Å². The number of pyridine rings is 1. The van der Waals surface area contributed by atoms with E-state index in [1.165, 1.54) is 0 Å². The second kappa shape index (κ2) is 2.46. The first-order valence-electron chi connectivity index (χ1n) is 2.28. The van der Waals surface area contributed by atoms with Crippen molar-refractivity contribution < 1.29 is 13.2 Å². The Morgan fingerprint density at radius 2 is 1.90 bits per heavy atom. The normalized spacial score (nSPS) is 10.0. The fourth-order valence-electron chi connectivity index (χ4n) is 0.442. The molecule has 5 heteroatoms. The van der Waals surface area contributed by atoms with Crippen LogP contribution in [0.25, 0.3) is 0 Å². The standard InChI is InChI=1S/C5HClF3N/c6-2-1-3(7)10-5(9)4(2)8/h1H. The van der Waals surface area contributed by atoms with Gasteiger partial charge < -0.3 is 0 Å². The third-order valence-corrected chi connectivity index (χ3v) is 1.12. The molecule has 0 unspecified atom stereocenters. The summed E-state index contributed by atoms with van der Waals surface area (Å²) < 4.78 is 36.2. The second-order valence-corrected chi connectivity index (χ2v) is 1.94. The topological polar surface area (TPSA) is 12.9 Å². The van der Waals surface area contributed by atoms with Gasteiger partial charge in [-0.1, -0.05) is 11.6 Å². The summed E-state index contributed by atoms with van der Waals surface area (Å²) in [6.45, 7) is 0. The first-order chi connectivity index (χ1) is 4.61. The Kier molecular flexibility index (Phi) is 1.80. The molecule has 1 nitrogen and oxygen atoms in total. The molecule has 1 rings (SSSR count). The predicted molar refractivity (Wildman–Crippen MR) is 29.1 cm³/mol. The molecule has 0 bridgehead atoms. The average molecular weight is 168 g/mol. The molecule has 0 N–H and O–H groups in total. The monoisotopic (exact) mass is 167 g/mol. The minimum Gasteiger partial charge on any atom is -0.200 e. The van der Waals surface area contributed by atoms with E-state index in [-0.39, 0.29) is 0 Å². The third-order valence-electron chi connectivity index (χ3n) is 0.842. The van der Waals surface area contributed by atoms with Crippen LogP contribution in [0.5, 0.6) is 0 Å². The van der Waals surface area contributed by atoms with Crippen molar-refractivity contribution in [3.05, 3.63) is 28.8 Å². The number of rotatable bonds is 0. The molecule has 0 atom stereocenters. The smallest absolute Gasteiger partial charge is 0.200 e. The molecule has 0 amide bonds. The van der Waals surface area contributed by atoms with Gasteiger partial charge >= 0.3 is 0 Å². The van der Waals surface area contributed by atoms with E-state index in [0.717, 1.165) is 0 Å². The van der Waals surface area contributed by atoms with Crippen LogP contribution in [-0.2, 0) is 0 Å². The van der Waals surface area contributed by atoms with Crippen molar-refractivity contribution >= 4 is 11.6 Å². The highest BCUT2D eigenvalue weighted by Gasteiger charge is 2.09. The lowest BCUT2D eigenvalue weighted by Gasteiger charge is -1.93. The molecule has 1 heterocycles. The van der Waals surface area contributed by atoms with Gasteiger partial charge in [0.25, 0.3) is 5.95 Å². The van der Waals surface area contributed by atoms with Gasteiger partial charge in [-0.3, -0.25) is 0 Å². The molecule has 54 valence electrons. The Morgan fingerprint density at radius 1 is 1.30 bits per heavy atom. The Balaban J connectivity index is 3.31. The van der Waals surface area contributed by atoms with Crippen molar-refractivity contribution in [3.8, 4) is 0 Å². The zero-order valence-corrected chi connectivity index (χ0v) is 5.29. The maximum absolute atomic E-state index is 12.2. The fourth-order valence-corrected chi connectivity index (χ4v) is 0.610. The number of aromatic nitrogens is 1. The van der Waals surface area contributed by atoms with E-state index in [0.29, 0.717) is 6.07 Å². The summed E-state index contributed by atoms with van der Waals surface area (Å²) in [4.78, 5) is 2.54. The first kappa shape index (κ1) is 7.34. The van der Waals surface area contributed by atoms with Crippen molar-refractivity contribution in [1.82, 2.24) is 4.98 Å². The van der Waals surface area contributed by atoms with Crippen LogP contribution in [-0.4, -0.2) is 4.98 Å². The highest BCUT2D eigenvalue weighted by atomic mass is 35.5. The summed E-state index contributed by atoms with van der Waals surface area (Å²) in [6.07, 6.45) is 0. The second-order valence-electron chi connectivity index (χ2n) is 1.53. The molecule has 0 aromatic carbocycles.